The number of ether oxygens (including phenoxy) is 2. The van der Waals surface area contributed by atoms with E-state index in [0.29, 0.717) is 5.92 Å². The third-order valence-electron chi connectivity index (χ3n) is 1.95. The molecule has 0 N–H and O–H groups in total. The zero-order valence-electron chi connectivity index (χ0n) is 7.42. The Balaban J connectivity index is 2.30. The fraction of sp³-hybridized carbons (Fsp3) is 0.400. The number of hydrogen-bond acceptors (Lipinski definition) is 2. The van der Waals surface area contributed by atoms with Crippen molar-refractivity contribution in [2.75, 3.05) is 13.2 Å². The highest BCUT2D eigenvalue weighted by molar-refractivity contribution is 14.1. The molecule has 0 saturated carbocycles. The Morgan fingerprint density at radius 3 is 2.69 bits per heavy atom. The van der Waals surface area contributed by atoms with Crippen molar-refractivity contribution in [2.45, 2.75) is 6.92 Å². The van der Waals surface area contributed by atoms with Gasteiger partial charge in [-0.25, -0.2) is 0 Å². The molecule has 2 rings (SSSR count). The Kier molecular flexibility index (Phi) is 2.62. The summed E-state index contributed by atoms with van der Waals surface area (Å²) in [7, 11) is 0. The maximum Gasteiger partial charge on any atom is 0.162 e. The summed E-state index contributed by atoms with van der Waals surface area (Å²) < 4.78 is 12.4. The average molecular weight is 290 g/mol. The van der Waals surface area contributed by atoms with Gasteiger partial charge >= 0.3 is 0 Å². The fourth-order valence-electron chi connectivity index (χ4n) is 1.23. The highest BCUT2D eigenvalue weighted by atomic mass is 127. The molecule has 70 valence electrons. The Labute approximate surface area is 91.4 Å². The predicted octanol–water partition coefficient (Wildman–Crippen LogP) is 2.70. The van der Waals surface area contributed by atoms with Crippen LogP contribution in [0.1, 0.15) is 6.92 Å². The lowest BCUT2D eigenvalue weighted by atomic mass is 10.2. The number of benzene rings is 1. The summed E-state index contributed by atoms with van der Waals surface area (Å²) in [4.78, 5) is 0. The molecule has 0 aliphatic carbocycles. The van der Waals surface area contributed by atoms with Crippen LogP contribution >= 0.6 is 22.6 Å². The highest BCUT2D eigenvalue weighted by Crippen LogP contribution is 2.31. The second-order valence-corrected chi connectivity index (χ2v) is 4.56. The second-order valence-electron chi connectivity index (χ2n) is 3.32. The van der Waals surface area contributed by atoms with E-state index in [1.165, 1.54) is 3.57 Å². The van der Waals surface area contributed by atoms with Crippen molar-refractivity contribution in [1.29, 1.82) is 0 Å². The van der Waals surface area contributed by atoms with Crippen molar-refractivity contribution in [1.82, 2.24) is 0 Å². The van der Waals surface area contributed by atoms with E-state index in [0.717, 1.165) is 24.7 Å². The van der Waals surface area contributed by atoms with Gasteiger partial charge in [0, 0.05) is 9.49 Å². The minimum atomic E-state index is 0.463. The molecule has 0 fully saturated rings. The van der Waals surface area contributed by atoms with Gasteiger partial charge in [-0.2, -0.15) is 0 Å². The van der Waals surface area contributed by atoms with E-state index in [1.807, 2.05) is 18.2 Å². The van der Waals surface area contributed by atoms with Crippen LogP contribution in [-0.2, 0) is 0 Å². The molecule has 0 spiro atoms. The van der Waals surface area contributed by atoms with Gasteiger partial charge in [-0.1, -0.05) is 6.92 Å². The van der Waals surface area contributed by atoms with E-state index in [9.17, 15) is 0 Å². The molecule has 1 heterocycles. The van der Waals surface area contributed by atoms with Gasteiger partial charge in [0.1, 0.15) is 0 Å². The summed E-state index contributed by atoms with van der Waals surface area (Å²) in [6.07, 6.45) is 0. The van der Waals surface area contributed by atoms with Gasteiger partial charge in [-0.15, -0.1) is 0 Å². The van der Waals surface area contributed by atoms with Crippen LogP contribution in [0.2, 0.25) is 0 Å². The van der Waals surface area contributed by atoms with Crippen molar-refractivity contribution in [3.63, 3.8) is 0 Å². The standard InChI is InChI=1S/C10H11IO2/c1-7-5-12-9-3-2-8(11)4-10(9)13-6-7/h2-4,7H,5-6H2,1H3. The first kappa shape index (κ1) is 9.12. The van der Waals surface area contributed by atoms with Crippen LogP contribution in [0, 0.1) is 9.49 Å². The monoisotopic (exact) mass is 290 g/mol. The van der Waals surface area contributed by atoms with Gasteiger partial charge in [0.2, 0.25) is 0 Å². The van der Waals surface area contributed by atoms with Gasteiger partial charge < -0.3 is 9.47 Å². The lowest BCUT2D eigenvalue weighted by Crippen LogP contribution is -2.12. The van der Waals surface area contributed by atoms with Crippen molar-refractivity contribution in [3.8, 4) is 11.5 Å². The summed E-state index contributed by atoms with van der Waals surface area (Å²) in [6, 6.07) is 6.00. The lowest BCUT2D eigenvalue weighted by molar-refractivity contribution is 0.228. The SMILES string of the molecule is CC1COc2ccc(I)cc2OC1. The van der Waals surface area contributed by atoms with Gasteiger partial charge in [0.15, 0.2) is 11.5 Å². The molecule has 1 unspecified atom stereocenters. The van der Waals surface area contributed by atoms with Crippen LogP contribution in [0.25, 0.3) is 0 Å². The van der Waals surface area contributed by atoms with Crippen LogP contribution in [0.3, 0.4) is 0 Å². The molecule has 0 radical (unpaired) electrons. The molecule has 1 aromatic carbocycles. The second kappa shape index (κ2) is 3.74. The van der Waals surface area contributed by atoms with E-state index >= 15 is 0 Å². The number of rotatable bonds is 0. The van der Waals surface area contributed by atoms with Crippen LogP contribution in [0.4, 0.5) is 0 Å². The van der Waals surface area contributed by atoms with E-state index in [4.69, 9.17) is 9.47 Å². The van der Waals surface area contributed by atoms with Crippen LogP contribution in [-0.4, -0.2) is 13.2 Å². The lowest BCUT2D eigenvalue weighted by Gasteiger charge is -2.06. The zero-order chi connectivity index (χ0) is 9.26. The zero-order valence-corrected chi connectivity index (χ0v) is 9.58. The normalized spacial score (nSPS) is 20.9. The third-order valence-corrected chi connectivity index (χ3v) is 2.62. The van der Waals surface area contributed by atoms with Crippen molar-refractivity contribution in [3.05, 3.63) is 21.8 Å². The summed E-state index contributed by atoms with van der Waals surface area (Å²) in [5.74, 6) is 2.20. The Morgan fingerprint density at radius 2 is 1.92 bits per heavy atom. The molecule has 1 aromatic rings. The number of hydrogen-bond donors (Lipinski definition) is 0. The predicted molar refractivity (Wildman–Crippen MR) is 59.3 cm³/mol. The van der Waals surface area contributed by atoms with E-state index in [-0.39, 0.29) is 0 Å². The van der Waals surface area contributed by atoms with E-state index in [1.54, 1.807) is 0 Å². The summed E-state index contributed by atoms with van der Waals surface area (Å²) >= 11 is 2.27. The van der Waals surface area contributed by atoms with Crippen LogP contribution in [0.5, 0.6) is 11.5 Å². The Morgan fingerprint density at radius 1 is 1.23 bits per heavy atom. The minimum absolute atomic E-state index is 0.463. The first-order valence-corrected chi connectivity index (χ1v) is 5.39. The summed E-state index contributed by atoms with van der Waals surface area (Å²) in [6.45, 7) is 3.61. The Bertz CT molecular complexity index is 312. The Hall–Kier alpha value is -0.450. The number of halogens is 1. The minimum Gasteiger partial charge on any atom is -0.489 e. The van der Waals surface area contributed by atoms with E-state index < -0.39 is 0 Å². The molecule has 0 amide bonds. The molecule has 3 heteroatoms. The maximum absolute atomic E-state index is 5.61. The smallest absolute Gasteiger partial charge is 0.162 e. The number of fused-ring (bicyclic) bond motifs is 1. The van der Waals surface area contributed by atoms with Gasteiger partial charge in [-0.05, 0) is 40.8 Å². The summed E-state index contributed by atoms with van der Waals surface area (Å²) in [5.41, 5.74) is 0. The van der Waals surface area contributed by atoms with Crippen LogP contribution < -0.4 is 9.47 Å². The third kappa shape index (κ3) is 2.07. The molecule has 1 atom stereocenters. The molecule has 0 saturated heterocycles. The van der Waals surface area contributed by atoms with Crippen molar-refractivity contribution in [2.24, 2.45) is 5.92 Å². The quantitative estimate of drug-likeness (QED) is 0.684. The highest BCUT2D eigenvalue weighted by Gasteiger charge is 2.14. The van der Waals surface area contributed by atoms with Crippen LogP contribution in [0.15, 0.2) is 18.2 Å². The first-order valence-electron chi connectivity index (χ1n) is 4.31. The molecular weight excluding hydrogens is 279 g/mol. The molecular formula is C10H11IO2. The van der Waals surface area contributed by atoms with Crippen molar-refractivity contribution < 1.29 is 9.47 Å². The molecule has 0 aromatic heterocycles. The summed E-state index contributed by atoms with van der Waals surface area (Å²) in [5, 5.41) is 0. The molecule has 1 aliphatic rings. The average Bonchev–Trinajstić information content (AvgIpc) is 2.29. The van der Waals surface area contributed by atoms with Crippen molar-refractivity contribution >= 4 is 22.6 Å². The first-order chi connectivity index (χ1) is 6.25. The molecule has 0 bridgehead atoms. The van der Waals surface area contributed by atoms with Gasteiger partial charge in [-0.3, -0.25) is 0 Å². The topological polar surface area (TPSA) is 18.5 Å². The molecule has 13 heavy (non-hydrogen) atoms. The fourth-order valence-corrected chi connectivity index (χ4v) is 1.69. The maximum atomic E-state index is 5.61. The van der Waals surface area contributed by atoms with Gasteiger partial charge in [0.25, 0.3) is 0 Å². The molecule has 1 aliphatic heterocycles. The van der Waals surface area contributed by atoms with Gasteiger partial charge in [0.05, 0.1) is 13.2 Å². The molecule has 2 nitrogen and oxygen atoms in total. The largest absolute Gasteiger partial charge is 0.489 e. The van der Waals surface area contributed by atoms with E-state index in [2.05, 4.69) is 29.5 Å².